The molecule has 1 saturated heterocycles. The first-order valence-corrected chi connectivity index (χ1v) is 13.8. The molecule has 9 heteroatoms. The lowest BCUT2D eigenvalue weighted by atomic mass is 10.2. The third-order valence-corrected chi connectivity index (χ3v) is 5.65. The fraction of sp³-hybridized carbons (Fsp3) is 0.406. The summed E-state index contributed by atoms with van der Waals surface area (Å²) in [6, 6.07) is 8.18. The van der Waals surface area contributed by atoms with Gasteiger partial charge in [-0.1, -0.05) is 60.2 Å². The topological polar surface area (TPSA) is 71.0 Å². The summed E-state index contributed by atoms with van der Waals surface area (Å²) >= 11 is 0. The lowest BCUT2D eigenvalue weighted by molar-refractivity contribution is -0.0576. The van der Waals surface area contributed by atoms with Gasteiger partial charge in [-0.15, -0.1) is 0 Å². The SMILES string of the molecule is C1=CCC=C1.C1=NC=NC1.C1=c2ccccc2=NC1.C1CCOCC1.CC1=CC(C)=NC1.FC(F)(F)C1=NCC=C1. The van der Waals surface area contributed by atoms with E-state index < -0.39 is 11.9 Å². The Bertz CT molecular complexity index is 1190. The molecule has 1 aliphatic carbocycles. The Morgan fingerprint density at radius 1 is 0.829 bits per heavy atom. The van der Waals surface area contributed by atoms with Crippen molar-refractivity contribution in [2.75, 3.05) is 39.4 Å². The molecule has 0 bridgehead atoms. The second-order valence-electron chi connectivity index (χ2n) is 9.26. The van der Waals surface area contributed by atoms with E-state index in [1.165, 1.54) is 36.1 Å². The quantitative estimate of drug-likeness (QED) is 0.387. The molecule has 6 nitrogen and oxygen atoms in total. The molecule has 41 heavy (non-hydrogen) atoms. The van der Waals surface area contributed by atoms with Crippen LogP contribution in [0.4, 0.5) is 13.2 Å². The van der Waals surface area contributed by atoms with Gasteiger partial charge in [0.1, 0.15) is 12.1 Å². The van der Waals surface area contributed by atoms with Gasteiger partial charge in [0.05, 0.1) is 31.5 Å². The van der Waals surface area contributed by atoms with Crippen molar-refractivity contribution in [3.8, 4) is 0 Å². The summed E-state index contributed by atoms with van der Waals surface area (Å²) in [5.74, 6) is 0. The number of allylic oxidation sites excluding steroid dienone is 6. The van der Waals surface area contributed by atoms with E-state index in [0.29, 0.717) is 0 Å². The molecule has 0 amide bonds. The third-order valence-electron chi connectivity index (χ3n) is 5.65. The van der Waals surface area contributed by atoms with E-state index in [1.54, 1.807) is 12.6 Å². The minimum absolute atomic E-state index is 0.162. The second-order valence-corrected chi connectivity index (χ2v) is 9.26. The van der Waals surface area contributed by atoms with E-state index in [2.05, 4.69) is 74.4 Å². The highest BCUT2D eigenvalue weighted by Gasteiger charge is 2.34. The number of rotatable bonds is 0. The minimum atomic E-state index is -4.26. The highest BCUT2D eigenvalue weighted by atomic mass is 19.4. The molecule has 6 aliphatic rings. The molecule has 5 aliphatic heterocycles. The summed E-state index contributed by atoms with van der Waals surface area (Å²) in [7, 11) is 0. The third kappa shape index (κ3) is 16.2. The molecule has 0 spiro atoms. The number of nitrogens with zero attached hydrogens (tertiary/aromatic N) is 5. The fourth-order valence-corrected chi connectivity index (χ4v) is 3.61. The van der Waals surface area contributed by atoms with Crippen LogP contribution >= 0.6 is 0 Å². The summed E-state index contributed by atoms with van der Waals surface area (Å²) in [6.07, 6.45) is 19.1. The normalized spacial score (nSPS) is 18.1. The van der Waals surface area contributed by atoms with Crippen LogP contribution in [0.2, 0.25) is 0 Å². The van der Waals surface area contributed by atoms with E-state index in [-0.39, 0.29) is 6.54 Å². The number of ether oxygens (including phenoxy) is 1. The predicted molar refractivity (Wildman–Crippen MR) is 165 cm³/mol. The van der Waals surface area contributed by atoms with E-state index in [1.807, 2.05) is 25.1 Å². The Balaban J connectivity index is 0.000000175. The fourth-order valence-electron chi connectivity index (χ4n) is 3.61. The lowest BCUT2D eigenvalue weighted by Crippen LogP contribution is -2.19. The smallest absolute Gasteiger partial charge is 0.381 e. The minimum Gasteiger partial charge on any atom is -0.381 e. The number of benzene rings is 1. The van der Waals surface area contributed by atoms with E-state index in [9.17, 15) is 13.2 Å². The molecule has 0 radical (unpaired) electrons. The maximum Gasteiger partial charge on any atom is 0.432 e. The van der Waals surface area contributed by atoms with Gasteiger partial charge in [0.15, 0.2) is 0 Å². The van der Waals surface area contributed by atoms with E-state index >= 15 is 0 Å². The van der Waals surface area contributed by atoms with Gasteiger partial charge in [-0.05, 0) is 63.0 Å². The Labute approximate surface area is 241 Å². The maximum absolute atomic E-state index is 11.6. The predicted octanol–water partition coefficient (Wildman–Crippen LogP) is 5.86. The van der Waals surface area contributed by atoms with Crippen LogP contribution in [0, 0.1) is 0 Å². The van der Waals surface area contributed by atoms with Gasteiger partial charge in [-0.2, -0.15) is 13.2 Å². The summed E-state index contributed by atoms with van der Waals surface area (Å²) in [4.78, 5) is 19.0. The number of fused-ring (bicyclic) bond motifs is 1. The van der Waals surface area contributed by atoms with Crippen LogP contribution in [-0.4, -0.2) is 69.5 Å². The zero-order chi connectivity index (χ0) is 29.6. The Morgan fingerprint density at radius 3 is 1.93 bits per heavy atom. The molecule has 0 atom stereocenters. The molecule has 0 saturated carbocycles. The van der Waals surface area contributed by atoms with Crippen molar-refractivity contribution in [3.05, 3.63) is 82.9 Å². The number of hydrogen-bond acceptors (Lipinski definition) is 6. The molecular weight excluding hydrogens is 527 g/mol. The van der Waals surface area contributed by atoms with Gasteiger partial charge in [0, 0.05) is 25.1 Å². The van der Waals surface area contributed by atoms with Crippen molar-refractivity contribution < 1.29 is 17.9 Å². The van der Waals surface area contributed by atoms with Crippen LogP contribution < -0.4 is 10.6 Å². The number of hydrogen-bond donors (Lipinski definition) is 0. The van der Waals surface area contributed by atoms with Gasteiger partial charge >= 0.3 is 6.18 Å². The molecule has 0 unspecified atom stereocenters. The number of halogens is 3. The average Bonchev–Trinajstić information content (AvgIpc) is 3.83. The Morgan fingerprint density at radius 2 is 1.59 bits per heavy atom. The molecule has 1 aromatic carbocycles. The molecular formula is C32H40F3N5O. The molecule has 5 heterocycles. The van der Waals surface area contributed by atoms with Crippen LogP contribution in [0.5, 0.6) is 0 Å². The summed E-state index contributed by atoms with van der Waals surface area (Å²) < 4.78 is 39.8. The van der Waals surface area contributed by atoms with Crippen LogP contribution in [0.3, 0.4) is 0 Å². The molecule has 1 aromatic rings. The zero-order valence-corrected chi connectivity index (χ0v) is 23.9. The molecule has 0 N–H and O–H groups in total. The Hall–Kier alpha value is -3.72. The monoisotopic (exact) mass is 567 g/mol. The number of alkyl halides is 3. The van der Waals surface area contributed by atoms with Crippen LogP contribution in [-0.2, 0) is 4.74 Å². The molecule has 0 aromatic heterocycles. The molecule has 1 fully saturated rings. The highest BCUT2D eigenvalue weighted by molar-refractivity contribution is 6.00. The van der Waals surface area contributed by atoms with Gasteiger partial charge in [0.2, 0.25) is 0 Å². The summed E-state index contributed by atoms with van der Waals surface area (Å²) in [6.45, 7) is 8.84. The first kappa shape index (κ1) is 33.5. The standard InChI is InChI=1S/C8H7N.C6H9N.C5H4F3N.C5H10O.C5H6.C3H4N2/c1-2-4-8-7(3-1)5-6-9-8;1-5-3-6(2)7-4-5;6-5(7,8)4-2-1-3-9-4;1-2-4-6-5-3-1;1-2-4-5-3-1;1-2-5-3-4-1/h1-5H,6H2;3H,4H2,1-2H3;1-2H,3H2;1-5H2;1-4H,5H2;1,3H,2H2. The van der Waals surface area contributed by atoms with Crippen LogP contribution in [0.25, 0.3) is 6.08 Å². The zero-order valence-electron chi connectivity index (χ0n) is 23.9. The van der Waals surface area contributed by atoms with Crippen LogP contribution in [0.1, 0.15) is 39.5 Å². The lowest BCUT2D eigenvalue weighted by Gasteiger charge is -2.08. The number of para-hydroxylation sites is 1. The van der Waals surface area contributed by atoms with Crippen molar-refractivity contribution in [3.63, 3.8) is 0 Å². The first-order chi connectivity index (χ1) is 19.9. The largest absolute Gasteiger partial charge is 0.432 e. The van der Waals surface area contributed by atoms with Crippen LogP contribution in [0.15, 0.2) is 97.3 Å². The van der Waals surface area contributed by atoms with Gasteiger partial charge in [-0.3, -0.25) is 20.0 Å². The summed E-state index contributed by atoms with van der Waals surface area (Å²) in [5, 5.41) is 2.41. The second kappa shape index (κ2) is 20.2. The van der Waals surface area contributed by atoms with Gasteiger partial charge in [-0.25, -0.2) is 4.99 Å². The van der Waals surface area contributed by atoms with Gasteiger partial charge < -0.3 is 4.74 Å². The number of aliphatic imine (C=N–C) groups is 4. The van der Waals surface area contributed by atoms with Crippen molar-refractivity contribution in [1.82, 2.24) is 0 Å². The maximum atomic E-state index is 11.6. The highest BCUT2D eigenvalue weighted by Crippen LogP contribution is 2.19. The molecule has 220 valence electrons. The Kier molecular flexibility index (Phi) is 16.5. The summed E-state index contributed by atoms with van der Waals surface area (Å²) in [5.41, 5.74) is 1.76. The van der Waals surface area contributed by atoms with Crippen molar-refractivity contribution >= 4 is 30.1 Å². The first-order valence-electron chi connectivity index (χ1n) is 13.8. The van der Waals surface area contributed by atoms with Crippen molar-refractivity contribution in [2.24, 2.45) is 25.0 Å². The van der Waals surface area contributed by atoms with Crippen molar-refractivity contribution in [1.29, 1.82) is 0 Å². The molecule has 7 rings (SSSR count). The van der Waals surface area contributed by atoms with Gasteiger partial charge in [0.25, 0.3) is 0 Å². The average molecular weight is 568 g/mol. The van der Waals surface area contributed by atoms with E-state index in [4.69, 9.17) is 4.74 Å². The van der Waals surface area contributed by atoms with Crippen molar-refractivity contribution in [2.45, 2.75) is 45.7 Å². The van der Waals surface area contributed by atoms with E-state index in [0.717, 1.165) is 56.4 Å².